The Morgan fingerprint density at radius 2 is 1.42 bits per heavy atom. The van der Waals surface area contributed by atoms with E-state index in [1.807, 2.05) is 6.92 Å². The van der Waals surface area contributed by atoms with Crippen molar-refractivity contribution in [2.24, 2.45) is 5.92 Å². The zero-order valence-electron chi connectivity index (χ0n) is 50.8. The van der Waals surface area contributed by atoms with Gasteiger partial charge in [-0.05, 0) is 81.9 Å². The van der Waals surface area contributed by atoms with Crippen LogP contribution in [-0.2, 0) is 92.1 Å². The van der Waals surface area contributed by atoms with Gasteiger partial charge >= 0.3 is 11.9 Å². The van der Waals surface area contributed by atoms with Crippen LogP contribution < -0.4 is 47.5 Å². The van der Waals surface area contributed by atoms with Crippen LogP contribution >= 0.6 is 0 Å². The highest BCUT2D eigenvalue weighted by molar-refractivity contribution is 6.13. The molecule has 5 atom stereocenters. The first kappa shape index (κ1) is 69.4. The highest BCUT2D eigenvalue weighted by Gasteiger charge is 2.46. The maximum atomic E-state index is 15.7. The number of carbonyl (C=O) groups is 11. The third-order valence-electron chi connectivity index (χ3n) is 15.3. The van der Waals surface area contributed by atoms with Crippen molar-refractivity contribution < 1.29 is 86.3 Å². The number of rotatable bonds is 36. The van der Waals surface area contributed by atoms with Gasteiger partial charge in [-0.2, -0.15) is 0 Å². The number of nitrogens with zero attached hydrogens (tertiary/aromatic N) is 3. The van der Waals surface area contributed by atoms with E-state index in [-0.39, 0.29) is 132 Å². The number of imide groups is 1. The van der Waals surface area contributed by atoms with Crippen LogP contribution in [0.5, 0.6) is 5.75 Å². The van der Waals surface area contributed by atoms with Crippen LogP contribution in [0.15, 0.2) is 35.1 Å². The molecule has 0 fully saturated rings. The number of methoxy groups -OCH3 is 1. The Morgan fingerprint density at radius 1 is 0.742 bits per heavy atom. The molecule has 1 aromatic carbocycles. The molecule has 3 aliphatic rings. The molecule has 0 saturated heterocycles. The first-order valence-electron chi connectivity index (χ1n) is 29.7. The number of aliphatic carboxylic acids is 1. The molecule has 0 aliphatic carbocycles. The molecular formula is C60H79FN10O18. The summed E-state index contributed by atoms with van der Waals surface area (Å²) in [5, 5.41) is 39.6. The fourth-order valence-corrected chi connectivity index (χ4v) is 10.4. The Kier molecular flexibility index (Phi) is 25.3. The Balaban J connectivity index is 0.974. The lowest BCUT2D eigenvalue weighted by Gasteiger charge is -2.31. The summed E-state index contributed by atoms with van der Waals surface area (Å²) in [7, 11) is 1.50. The van der Waals surface area contributed by atoms with E-state index < -0.39 is 113 Å². The van der Waals surface area contributed by atoms with Gasteiger partial charge in [0, 0.05) is 80.7 Å². The summed E-state index contributed by atoms with van der Waals surface area (Å²) in [6, 6.07) is -0.638. The standard InChI is InChI=1S/C60H79FN10O18/c1-7-35-36-27-45(40(61)29-43(36)68-53-37(35)30-71-44(53)28-39-38(58(71)83)31-89-59(84)60(39,85)8-2)88-24-22-64-54(79)34(5)65-57(82)52(33(3)4)69-56(81)42(16-19-51(77)78)67-46(72)14-11-21-63-55(80)41(13-9-10-20-62-48(74)32-87-26-25-86-6)66-47(73)15-12-23-70-49(75)17-18-50(70)76/h17-18,27-29,33-34,41-42,52,85H,7-16,19-26,30-32H2,1-6H3,(H,62,74)(H,63,80)(H,64,79)(H,65,82)(H,66,73)(H,67,72)(H,69,81)(H,77,78)/t34-,41-,42-,52-,60-/m0/s1. The van der Waals surface area contributed by atoms with E-state index in [0.29, 0.717) is 48.2 Å². The molecule has 29 heteroatoms. The Bertz CT molecular complexity index is 3260. The molecule has 0 bridgehead atoms. The van der Waals surface area contributed by atoms with Crippen molar-refractivity contribution in [1.29, 1.82) is 0 Å². The second-order valence-corrected chi connectivity index (χ2v) is 22.0. The number of fused-ring (bicyclic) bond motifs is 5. The normalized spacial score (nSPS) is 16.1. The summed E-state index contributed by atoms with van der Waals surface area (Å²) in [5.41, 5.74) is 0.385. The lowest BCUT2D eigenvalue weighted by molar-refractivity contribution is -0.172. The van der Waals surface area contributed by atoms with Crippen LogP contribution in [0.25, 0.3) is 22.3 Å². The first-order chi connectivity index (χ1) is 42.4. The number of pyridine rings is 2. The van der Waals surface area contributed by atoms with Crippen LogP contribution in [0.1, 0.15) is 121 Å². The smallest absolute Gasteiger partial charge is 0.343 e. The van der Waals surface area contributed by atoms with Crippen LogP contribution in [0.3, 0.4) is 0 Å². The molecular weight excluding hydrogens is 1170 g/mol. The van der Waals surface area contributed by atoms with Crippen molar-refractivity contribution in [2.45, 2.75) is 148 Å². The number of hydrogen-bond donors (Lipinski definition) is 9. The largest absolute Gasteiger partial charge is 0.489 e. The van der Waals surface area contributed by atoms with Gasteiger partial charge in [-0.15, -0.1) is 0 Å². The van der Waals surface area contributed by atoms with Gasteiger partial charge in [0.1, 0.15) is 44.0 Å². The number of amides is 9. The molecule has 0 spiro atoms. The summed E-state index contributed by atoms with van der Waals surface area (Å²) in [4.78, 5) is 160. The summed E-state index contributed by atoms with van der Waals surface area (Å²) < 4.78 is 38.2. The quantitative estimate of drug-likeness (QED) is 0.0168. The number of hydrogen-bond acceptors (Lipinski definition) is 18. The minimum Gasteiger partial charge on any atom is -0.489 e. The zero-order valence-corrected chi connectivity index (χ0v) is 50.8. The molecule has 2 aromatic heterocycles. The molecule has 0 unspecified atom stereocenters. The van der Waals surface area contributed by atoms with Crippen molar-refractivity contribution >= 4 is 76.0 Å². The molecule has 0 saturated carbocycles. The van der Waals surface area contributed by atoms with Gasteiger partial charge in [0.2, 0.25) is 41.4 Å². The van der Waals surface area contributed by atoms with E-state index in [4.69, 9.17) is 23.9 Å². The minimum absolute atomic E-state index is 0.00656. The lowest BCUT2D eigenvalue weighted by atomic mass is 9.86. The van der Waals surface area contributed by atoms with Crippen molar-refractivity contribution in [3.63, 3.8) is 0 Å². The number of aliphatic hydroxyl groups is 1. The minimum atomic E-state index is -2.02. The van der Waals surface area contributed by atoms with Crippen molar-refractivity contribution in [3.05, 3.63) is 68.8 Å². The molecule has 28 nitrogen and oxygen atoms in total. The highest BCUT2D eigenvalue weighted by Crippen LogP contribution is 2.41. The molecule has 3 aliphatic heterocycles. The number of aromatic nitrogens is 2. The van der Waals surface area contributed by atoms with E-state index in [2.05, 4.69) is 37.2 Å². The number of carboxylic acids is 1. The molecule has 3 aromatic rings. The van der Waals surface area contributed by atoms with Gasteiger partial charge in [-0.3, -0.25) is 57.6 Å². The number of esters is 1. The zero-order chi connectivity index (χ0) is 65.1. The fourth-order valence-electron chi connectivity index (χ4n) is 10.4. The lowest BCUT2D eigenvalue weighted by Crippen LogP contribution is -2.57. The number of nitrogens with one attached hydrogen (secondary N) is 7. The third kappa shape index (κ3) is 18.2. The fraction of sp³-hybridized carbons (Fsp3) is 0.550. The highest BCUT2D eigenvalue weighted by atomic mass is 19.1. The number of carbonyl (C=O) groups excluding carboxylic acids is 10. The SMILES string of the molecule is CCc1c2c(nc3cc(F)c(OCCNC(=O)[C@H](C)NC(=O)[C@@H](NC(=O)[C@H](CCC(=O)O)NC(=O)CCCNC(=O)[C@H](CCCCNC(=O)COCCOC)NC(=O)CCCN4C(=O)C=CC4=O)C(C)C)cc13)-c1cc3c(c(=O)n1C2)COC(=O)[C@]3(O)CC. The van der Waals surface area contributed by atoms with Crippen molar-refractivity contribution in [1.82, 2.24) is 51.7 Å². The van der Waals surface area contributed by atoms with Crippen LogP contribution in [-0.4, -0.2) is 174 Å². The molecule has 0 radical (unpaired) electrons. The van der Waals surface area contributed by atoms with Crippen LogP contribution in [0.4, 0.5) is 4.39 Å². The molecule has 6 rings (SSSR count). The van der Waals surface area contributed by atoms with E-state index in [1.165, 1.54) is 30.7 Å². The molecule has 5 heterocycles. The maximum absolute atomic E-state index is 15.7. The predicted octanol–water partition coefficient (Wildman–Crippen LogP) is 0.307. The number of aryl methyl sites for hydroxylation is 1. The Labute approximate surface area is 512 Å². The van der Waals surface area contributed by atoms with Gasteiger partial charge in [-0.25, -0.2) is 14.2 Å². The number of benzene rings is 1. The molecule has 9 N–H and O–H groups in total. The molecule has 89 heavy (non-hydrogen) atoms. The summed E-state index contributed by atoms with van der Waals surface area (Å²) in [6.07, 6.45) is 2.59. The number of carboxylic acid groups (broad SMARTS) is 1. The van der Waals surface area contributed by atoms with Crippen molar-refractivity contribution in [2.75, 3.05) is 59.7 Å². The monoisotopic (exact) mass is 1250 g/mol. The number of halogens is 1. The average Bonchev–Trinajstić information content (AvgIpc) is 1.81. The summed E-state index contributed by atoms with van der Waals surface area (Å²) in [5.74, 6) is -9.05. The molecule has 484 valence electrons. The van der Waals surface area contributed by atoms with E-state index in [9.17, 15) is 67.7 Å². The third-order valence-corrected chi connectivity index (χ3v) is 15.3. The van der Waals surface area contributed by atoms with Gasteiger partial charge < -0.3 is 70.9 Å². The topological polar surface area (TPSA) is 387 Å². The second kappa shape index (κ2) is 32.5. The van der Waals surface area contributed by atoms with Gasteiger partial charge in [-0.1, -0.05) is 27.7 Å². The van der Waals surface area contributed by atoms with E-state index >= 15 is 4.39 Å². The summed E-state index contributed by atoms with van der Waals surface area (Å²) >= 11 is 0. The number of cyclic esters (lactones) is 1. The number of unbranched alkanes of at least 4 members (excludes halogenated alkanes) is 1. The second-order valence-electron chi connectivity index (χ2n) is 22.0. The first-order valence-corrected chi connectivity index (χ1v) is 29.7. The number of ether oxygens (including phenoxy) is 4. The Hall–Kier alpha value is -8.70. The summed E-state index contributed by atoms with van der Waals surface area (Å²) in [6.45, 7) is 8.20. The van der Waals surface area contributed by atoms with Crippen LogP contribution in [0, 0.1) is 11.7 Å². The Morgan fingerprint density at radius 3 is 2.08 bits per heavy atom. The molecule has 9 amide bonds. The van der Waals surface area contributed by atoms with Gasteiger partial charge in [0.15, 0.2) is 17.2 Å². The predicted molar refractivity (Wildman–Crippen MR) is 314 cm³/mol. The van der Waals surface area contributed by atoms with Crippen LogP contribution in [0.2, 0.25) is 0 Å². The van der Waals surface area contributed by atoms with E-state index in [0.717, 1.165) is 22.6 Å². The van der Waals surface area contributed by atoms with Gasteiger partial charge in [0.05, 0.1) is 48.8 Å². The maximum Gasteiger partial charge on any atom is 0.343 e. The van der Waals surface area contributed by atoms with E-state index in [1.54, 1.807) is 26.8 Å². The van der Waals surface area contributed by atoms with Crippen molar-refractivity contribution in [3.8, 4) is 17.1 Å². The average molecular weight is 1250 g/mol. The van der Waals surface area contributed by atoms with Gasteiger partial charge in [0.25, 0.3) is 17.4 Å².